The largest absolute Gasteiger partial charge is 0.455 e. The van der Waals surface area contributed by atoms with Crippen molar-refractivity contribution in [2.24, 2.45) is 5.41 Å². The fourth-order valence-electron chi connectivity index (χ4n) is 3.47. The lowest BCUT2D eigenvalue weighted by molar-refractivity contribution is -0.115. The summed E-state index contributed by atoms with van der Waals surface area (Å²) >= 11 is 3.41. The summed E-state index contributed by atoms with van der Waals surface area (Å²) in [5.74, 6) is -0.196. The smallest absolute Gasteiger partial charge is 0.287 e. The van der Waals surface area contributed by atoms with Gasteiger partial charge in [-0.25, -0.2) is 0 Å². The van der Waals surface area contributed by atoms with E-state index in [2.05, 4.69) is 26.6 Å². The molecule has 0 atom stereocenters. The number of benzene rings is 1. The third-order valence-corrected chi connectivity index (χ3v) is 5.72. The van der Waals surface area contributed by atoms with Gasteiger partial charge in [-0.3, -0.25) is 14.4 Å². The number of hydrogen-bond donors (Lipinski definition) is 2. The van der Waals surface area contributed by atoms with Gasteiger partial charge in [0.15, 0.2) is 11.5 Å². The van der Waals surface area contributed by atoms with Crippen LogP contribution < -0.4 is 10.6 Å². The molecule has 0 radical (unpaired) electrons. The van der Waals surface area contributed by atoms with Crippen LogP contribution >= 0.6 is 15.9 Å². The highest BCUT2D eigenvalue weighted by molar-refractivity contribution is 9.10. The summed E-state index contributed by atoms with van der Waals surface area (Å²) in [6.45, 7) is 7.43. The Morgan fingerprint density at radius 1 is 1.21 bits per heavy atom. The molecule has 148 valence electrons. The Labute approximate surface area is 172 Å². The maximum atomic E-state index is 12.5. The molecule has 1 aromatic carbocycles. The third-order valence-electron chi connectivity index (χ3n) is 4.83. The zero-order valence-corrected chi connectivity index (χ0v) is 18.0. The molecule has 6 nitrogen and oxygen atoms in total. The van der Waals surface area contributed by atoms with Crippen molar-refractivity contribution in [2.75, 3.05) is 11.9 Å². The number of Topliss-reactive ketones (excluding diaryl/α,β-unsaturated/α-hetero) is 1. The summed E-state index contributed by atoms with van der Waals surface area (Å²) in [6.07, 6.45) is 1.03. The normalized spacial score (nSPS) is 15.1. The zero-order chi connectivity index (χ0) is 20.6. The lowest BCUT2D eigenvalue weighted by atomic mass is 9.76. The van der Waals surface area contributed by atoms with Crippen LogP contribution in [0, 0.1) is 19.3 Å². The molecule has 1 aliphatic rings. The number of furan rings is 1. The van der Waals surface area contributed by atoms with Crippen LogP contribution in [-0.2, 0) is 11.2 Å². The molecule has 1 heterocycles. The minimum absolute atomic E-state index is 0.00472. The summed E-state index contributed by atoms with van der Waals surface area (Å²) < 4.78 is 6.67. The van der Waals surface area contributed by atoms with Crippen LogP contribution in [0.15, 0.2) is 27.1 Å². The van der Waals surface area contributed by atoms with Crippen molar-refractivity contribution in [1.82, 2.24) is 5.32 Å². The van der Waals surface area contributed by atoms with Gasteiger partial charge in [0, 0.05) is 28.6 Å². The van der Waals surface area contributed by atoms with E-state index in [0.29, 0.717) is 35.4 Å². The number of amides is 2. The van der Waals surface area contributed by atoms with Crippen LogP contribution in [0.3, 0.4) is 0 Å². The van der Waals surface area contributed by atoms with Crippen molar-refractivity contribution >= 4 is 39.2 Å². The molecule has 0 unspecified atom stereocenters. The molecule has 28 heavy (non-hydrogen) atoms. The van der Waals surface area contributed by atoms with Gasteiger partial charge in [-0.05, 0) is 43.0 Å². The first-order valence-electron chi connectivity index (χ1n) is 9.07. The van der Waals surface area contributed by atoms with E-state index >= 15 is 0 Å². The Morgan fingerprint density at radius 3 is 2.61 bits per heavy atom. The summed E-state index contributed by atoms with van der Waals surface area (Å²) in [5.41, 5.74) is 2.50. The van der Waals surface area contributed by atoms with Gasteiger partial charge >= 0.3 is 0 Å². The molecule has 0 saturated carbocycles. The number of rotatable bonds is 4. The predicted octanol–water partition coefficient (Wildman–Crippen LogP) is 4.18. The van der Waals surface area contributed by atoms with Crippen molar-refractivity contribution < 1.29 is 18.8 Å². The molecule has 7 heteroatoms. The fourth-order valence-corrected chi connectivity index (χ4v) is 3.71. The van der Waals surface area contributed by atoms with Gasteiger partial charge in [-0.2, -0.15) is 0 Å². The first-order chi connectivity index (χ1) is 13.1. The predicted molar refractivity (Wildman–Crippen MR) is 110 cm³/mol. The highest BCUT2D eigenvalue weighted by atomic mass is 79.9. The number of aryl methyl sites for hydroxylation is 1. The van der Waals surface area contributed by atoms with Gasteiger partial charge in [0.1, 0.15) is 5.76 Å². The second-order valence-corrected chi connectivity index (χ2v) is 8.84. The van der Waals surface area contributed by atoms with Gasteiger partial charge < -0.3 is 15.1 Å². The molecular formula is C21H23BrN2O4. The molecule has 0 saturated heterocycles. The second-order valence-electron chi connectivity index (χ2n) is 7.99. The van der Waals surface area contributed by atoms with E-state index in [1.165, 1.54) is 0 Å². The molecule has 0 bridgehead atoms. The maximum Gasteiger partial charge on any atom is 0.287 e. The molecule has 1 aromatic heterocycles. The molecule has 0 aliphatic heterocycles. The van der Waals surface area contributed by atoms with E-state index in [1.807, 2.05) is 32.9 Å². The minimum atomic E-state index is -0.500. The van der Waals surface area contributed by atoms with Crippen molar-refractivity contribution in [3.63, 3.8) is 0 Å². The number of hydrogen-bond acceptors (Lipinski definition) is 4. The van der Waals surface area contributed by atoms with Crippen LogP contribution in [0.1, 0.15) is 58.1 Å². The Hall–Kier alpha value is -2.41. The number of fused-ring (bicyclic) bond motifs is 1. The van der Waals surface area contributed by atoms with Crippen LogP contribution in [0.5, 0.6) is 0 Å². The Bertz CT molecular complexity index is 975. The molecule has 2 N–H and O–H groups in total. The van der Waals surface area contributed by atoms with E-state index in [-0.39, 0.29) is 29.4 Å². The quantitative estimate of drug-likeness (QED) is 0.736. The molecule has 0 fully saturated rings. The highest BCUT2D eigenvalue weighted by Crippen LogP contribution is 2.38. The van der Waals surface area contributed by atoms with Gasteiger partial charge in [0.25, 0.3) is 5.91 Å². The van der Waals surface area contributed by atoms with E-state index in [4.69, 9.17) is 4.42 Å². The number of carbonyl (C=O) groups is 3. The second kappa shape index (κ2) is 7.54. The SMILES string of the molecule is Cc1cc(NC(=O)CNC(=O)c2oc3c(c2C)C(=O)CC(C)(C)C3)ccc1Br. The lowest BCUT2D eigenvalue weighted by Crippen LogP contribution is -2.33. The standard InChI is InChI=1S/C21H23BrN2O4/c1-11-7-13(5-6-14(11)22)24-17(26)10-23-20(27)19-12(2)18-15(25)8-21(3,4)9-16(18)28-19/h5-7H,8-10H2,1-4H3,(H,23,27)(H,24,26). The lowest BCUT2D eigenvalue weighted by Gasteiger charge is -2.27. The Balaban J connectivity index is 1.66. The number of anilines is 1. The van der Waals surface area contributed by atoms with Crippen LogP contribution in [0.2, 0.25) is 0 Å². The molecule has 3 rings (SSSR count). The van der Waals surface area contributed by atoms with Gasteiger partial charge in [-0.1, -0.05) is 29.8 Å². The van der Waals surface area contributed by atoms with E-state index in [9.17, 15) is 14.4 Å². The zero-order valence-electron chi connectivity index (χ0n) is 16.4. The van der Waals surface area contributed by atoms with Gasteiger partial charge in [0.05, 0.1) is 12.1 Å². The summed E-state index contributed by atoms with van der Waals surface area (Å²) in [6, 6.07) is 5.45. The highest BCUT2D eigenvalue weighted by Gasteiger charge is 2.37. The van der Waals surface area contributed by atoms with Crippen molar-refractivity contribution in [1.29, 1.82) is 0 Å². The van der Waals surface area contributed by atoms with Crippen LogP contribution in [0.25, 0.3) is 0 Å². The van der Waals surface area contributed by atoms with Crippen molar-refractivity contribution in [2.45, 2.75) is 40.5 Å². The van der Waals surface area contributed by atoms with Crippen LogP contribution in [-0.4, -0.2) is 24.1 Å². The first-order valence-corrected chi connectivity index (χ1v) is 9.86. The Kier molecular flexibility index (Phi) is 5.48. The number of ketones is 1. The van der Waals surface area contributed by atoms with Gasteiger partial charge in [-0.15, -0.1) is 0 Å². The Morgan fingerprint density at radius 2 is 1.93 bits per heavy atom. The number of nitrogens with one attached hydrogen (secondary N) is 2. The first kappa shape index (κ1) is 20.3. The average Bonchev–Trinajstić information content (AvgIpc) is 2.91. The van der Waals surface area contributed by atoms with E-state index in [0.717, 1.165) is 10.0 Å². The molecular weight excluding hydrogens is 424 g/mol. The number of carbonyl (C=O) groups excluding carboxylic acids is 3. The molecule has 2 amide bonds. The molecule has 1 aliphatic carbocycles. The van der Waals surface area contributed by atoms with E-state index < -0.39 is 5.91 Å². The summed E-state index contributed by atoms with van der Waals surface area (Å²) in [7, 11) is 0. The topological polar surface area (TPSA) is 88.4 Å². The minimum Gasteiger partial charge on any atom is -0.455 e. The number of halogens is 1. The van der Waals surface area contributed by atoms with Crippen LogP contribution in [0.4, 0.5) is 5.69 Å². The van der Waals surface area contributed by atoms with E-state index in [1.54, 1.807) is 13.0 Å². The fraction of sp³-hybridized carbons (Fsp3) is 0.381. The molecule has 2 aromatic rings. The molecule has 0 spiro atoms. The summed E-state index contributed by atoms with van der Waals surface area (Å²) in [4.78, 5) is 37.1. The summed E-state index contributed by atoms with van der Waals surface area (Å²) in [5, 5.41) is 5.30. The monoisotopic (exact) mass is 446 g/mol. The third kappa shape index (κ3) is 4.19. The average molecular weight is 447 g/mol. The van der Waals surface area contributed by atoms with Crippen molar-refractivity contribution in [3.05, 3.63) is 50.9 Å². The van der Waals surface area contributed by atoms with Gasteiger partial charge in [0.2, 0.25) is 5.91 Å². The maximum absolute atomic E-state index is 12.5. The van der Waals surface area contributed by atoms with Crippen molar-refractivity contribution in [3.8, 4) is 0 Å².